The molecule has 0 amide bonds. The minimum absolute atomic E-state index is 0.263. The number of nitriles is 1. The summed E-state index contributed by atoms with van der Waals surface area (Å²) in [6.45, 7) is -0.438. The van der Waals surface area contributed by atoms with Crippen molar-refractivity contribution in [1.82, 2.24) is 19.4 Å². The molecule has 3 heterocycles. The molecule has 3 N–H and O–H groups in total. The molecule has 3 rings (SSSR count). The zero-order valence-corrected chi connectivity index (χ0v) is 13.7. The third-order valence-electron chi connectivity index (χ3n) is 3.91. The molecule has 0 unspecified atom stereocenters. The molecule has 132 valence electrons. The Morgan fingerprint density at radius 2 is 2.16 bits per heavy atom. The van der Waals surface area contributed by atoms with Gasteiger partial charge in [-0.1, -0.05) is 0 Å². The van der Waals surface area contributed by atoms with Crippen LogP contribution in [0.3, 0.4) is 0 Å². The van der Waals surface area contributed by atoms with E-state index in [0.717, 1.165) is 0 Å². The molecule has 2 aromatic heterocycles. The fourth-order valence-electron chi connectivity index (χ4n) is 2.73. The Morgan fingerprint density at radius 1 is 1.40 bits per heavy atom. The number of aromatic nitrogens is 3. The Kier molecular flexibility index (Phi) is 4.65. The standard InChI is InChI=1S/C15H18N6O4/c1-20(2)7-19-13-10-8(3-16)4-21(14(10)18-6-17-13)15-12(24)11(23)9(5-22)25-15/h4,6-7,9,11-12,15,22-24H,5H2,1-2H3/t9-,11-,12-,15-/m1/s1. The van der Waals surface area contributed by atoms with Crippen LogP contribution in [0.1, 0.15) is 11.8 Å². The van der Waals surface area contributed by atoms with E-state index in [0.29, 0.717) is 16.9 Å². The first-order chi connectivity index (χ1) is 12.0. The van der Waals surface area contributed by atoms with Gasteiger partial charge in [0.1, 0.15) is 36.4 Å². The van der Waals surface area contributed by atoms with Crippen molar-refractivity contribution in [2.75, 3.05) is 20.7 Å². The number of nitrogens with zero attached hydrogens (tertiary/aromatic N) is 6. The van der Waals surface area contributed by atoms with Gasteiger partial charge in [0.15, 0.2) is 12.0 Å². The number of hydrogen-bond acceptors (Lipinski definition) is 8. The summed E-state index contributed by atoms with van der Waals surface area (Å²) < 4.78 is 6.97. The Bertz CT molecular complexity index is 842. The number of aliphatic hydroxyl groups is 3. The number of hydrogen-bond donors (Lipinski definition) is 3. The van der Waals surface area contributed by atoms with Crippen molar-refractivity contribution in [2.24, 2.45) is 4.99 Å². The molecule has 25 heavy (non-hydrogen) atoms. The molecule has 0 aromatic carbocycles. The lowest BCUT2D eigenvalue weighted by molar-refractivity contribution is -0.0508. The summed E-state index contributed by atoms with van der Waals surface area (Å²) in [6.07, 6.45) is -0.118. The second-order valence-electron chi connectivity index (χ2n) is 5.89. The van der Waals surface area contributed by atoms with Crippen molar-refractivity contribution in [3.8, 4) is 6.07 Å². The van der Waals surface area contributed by atoms with Crippen LogP contribution in [0.25, 0.3) is 11.0 Å². The lowest BCUT2D eigenvalue weighted by Crippen LogP contribution is -2.33. The molecule has 1 fully saturated rings. The average Bonchev–Trinajstić information content (AvgIpc) is 3.11. The quantitative estimate of drug-likeness (QED) is 0.480. The van der Waals surface area contributed by atoms with Gasteiger partial charge in [-0.3, -0.25) is 0 Å². The normalized spacial score (nSPS) is 26.4. The van der Waals surface area contributed by atoms with E-state index in [1.807, 2.05) is 0 Å². The van der Waals surface area contributed by atoms with E-state index in [1.54, 1.807) is 25.3 Å². The first-order valence-corrected chi connectivity index (χ1v) is 7.56. The van der Waals surface area contributed by atoms with Crippen molar-refractivity contribution in [3.63, 3.8) is 0 Å². The van der Waals surface area contributed by atoms with Gasteiger partial charge < -0.3 is 29.5 Å². The van der Waals surface area contributed by atoms with E-state index < -0.39 is 31.1 Å². The summed E-state index contributed by atoms with van der Waals surface area (Å²) in [5.74, 6) is 0.306. The Morgan fingerprint density at radius 3 is 2.76 bits per heavy atom. The summed E-state index contributed by atoms with van der Waals surface area (Å²) >= 11 is 0. The fraction of sp³-hybridized carbons (Fsp3) is 0.467. The third-order valence-corrected chi connectivity index (χ3v) is 3.91. The third kappa shape index (κ3) is 2.94. The molecule has 0 spiro atoms. The molecule has 0 aliphatic carbocycles. The van der Waals surface area contributed by atoms with Crippen LogP contribution < -0.4 is 0 Å². The predicted octanol–water partition coefficient (Wildman–Crippen LogP) is -0.864. The fourth-order valence-corrected chi connectivity index (χ4v) is 2.73. The van der Waals surface area contributed by atoms with Crippen molar-refractivity contribution < 1.29 is 20.1 Å². The van der Waals surface area contributed by atoms with E-state index in [1.165, 1.54) is 17.1 Å². The zero-order chi connectivity index (χ0) is 18.1. The molecule has 0 saturated carbocycles. The maximum atomic E-state index is 10.2. The highest BCUT2D eigenvalue weighted by Crippen LogP contribution is 2.35. The first-order valence-electron chi connectivity index (χ1n) is 7.56. The van der Waals surface area contributed by atoms with E-state index in [-0.39, 0.29) is 5.56 Å². The van der Waals surface area contributed by atoms with Crippen molar-refractivity contribution in [3.05, 3.63) is 18.1 Å². The lowest BCUT2D eigenvalue weighted by atomic mass is 10.1. The largest absolute Gasteiger partial charge is 0.394 e. The lowest BCUT2D eigenvalue weighted by Gasteiger charge is -2.17. The van der Waals surface area contributed by atoms with Crippen LogP contribution in [0.5, 0.6) is 0 Å². The molecule has 1 saturated heterocycles. The van der Waals surface area contributed by atoms with E-state index in [4.69, 9.17) is 4.74 Å². The molecular formula is C15H18N6O4. The summed E-state index contributed by atoms with van der Waals surface area (Å²) in [4.78, 5) is 14.2. The molecule has 0 radical (unpaired) electrons. The van der Waals surface area contributed by atoms with Crippen molar-refractivity contribution in [1.29, 1.82) is 5.26 Å². The zero-order valence-electron chi connectivity index (χ0n) is 13.7. The Labute approximate surface area is 143 Å². The van der Waals surface area contributed by atoms with Crippen LogP contribution in [-0.2, 0) is 4.74 Å². The number of ether oxygens (including phenoxy) is 1. The molecule has 4 atom stereocenters. The van der Waals surface area contributed by atoms with Crippen LogP contribution in [0.15, 0.2) is 17.5 Å². The van der Waals surface area contributed by atoms with Gasteiger partial charge >= 0.3 is 0 Å². The summed E-state index contributed by atoms with van der Waals surface area (Å²) in [5.41, 5.74) is 0.603. The van der Waals surface area contributed by atoms with Crippen LogP contribution in [0.2, 0.25) is 0 Å². The number of aliphatic hydroxyl groups excluding tert-OH is 3. The van der Waals surface area contributed by atoms with Crippen LogP contribution >= 0.6 is 0 Å². The van der Waals surface area contributed by atoms with Gasteiger partial charge in [-0.15, -0.1) is 0 Å². The highest BCUT2D eigenvalue weighted by molar-refractivity contribution is 5.92. The van der Waals surface area contributed by atoms with Gasteiger partial charge in [0, 0.05) is 20.3 Å². The van der Waals surface area contributed by atoms with Gasteiger partial charge in [0.2, 0.25) is 0 Å². The van der Waals surface area contributed by atoms with Gasteiger partial charge in [-0.2, -0.15) is 5.26 Å². The molecule has 0 bridgehead atoms. The first kappa shape index (κ1) is 17.2. The Balaban J connectivity index is 2.13. The number of aliphatic imine (C=N–C) groups is 1. The highest BCUT2D eigenvalue weighted by atomic mass is 16.6. The highest BCUT2D eigenvalue weighted by Gasteiger charge is 2.44. The minimum Gasteiger partial charge on any atom is -0.394 e. The average molecular weight is 346 g/mol. The maximum Gasteiger partial charge on any atom is 0.167 e. The summed E-state index contributed by atoms with van der Waals surface area (Å²) in [7, 11) is 3.61. The van der Waals surface area contributed by atoms with Crippen LogP contribution in [0, 0.1) is 11.3 Å². The molecule has 10 heteroatoms. The molecule has 1 aliphatic heterocycles. The monoisotopic (exact) mass is 346 g/mol. The second-order valence-corrected chi connectivity index (χ2v) is 5.89. The van der Waals surface area contributed by atoms with Crippen molar-refractivity contribution in [2.45, 2.75) is 24.5 Å². The number of fused-ring (bicyclic) bond motifs is 1. The SMILES string of the molecule is CN(C)C=Nc1ncnc2c1c(C#N)cn2[C@@H]1O[C@H](CO)[C@@H](O)[C@H]1O. The number of rotatable bonds is 4. The van der Waals surface area contributed by atoms with E-state index >= 15 is 0 Å². The van der Waals surface area contributed by atoms with Gasteiger partial charge in [0.05, 0.1) is 23.9 Å². The van der Waals surface area contributed by atoms with Gasteiger partial charge in [-0.25, -0.2) is 15.0 Å². The van der Waals surface area contributed by atoms with E-state index in [2.05, 4.69) is 21.0 Å². The predicted molar refractivity (Wildman–Crippen MR) is 87.1 cm³/mol. The van der Waals surface area contributed by atoms with Gasteiger partial charge in [0.25, 0.3) is 0 Å². The van der Waals surface area contributed by atoms with E-state index in [9.17, 15) is 20.6 Å². The molecule has 10 nitrogen and oxygen atoms in total. The van der Waals surface area contributed by atoms with Crippen LogP contribution in [-0.4, -0.2) is 80.1 Å². The second kappa shape index (κ2) is 6.73. The minimum atomic E-state index is -1.28. The van der Waals surface area contributed by atoms with Crippen molar-refractivity contribution >= 4 is 23.2 Å². The maximum absolute atomic E-state index is 10.2. The van der Waals surface area contributed by atoms with Gasteiger partial charge in [-0.05, 0) is 0 Å². The topological polar surface area (TPSA) is 140 Å². The molecule has 1 aliphatic rings. The van der Waals surface area contributed by atoms with Crippen LogP contribution in [0.4, 0.5) is 5.82 Å². The molecular weight excluding hydrogens is 328 g/mol. The smallest absolute Gasteiger partial charge is 0.167 e. The summed E-state index contributed by atoms with van der Waals surface area (Å²) in [5, 5.41) is 39.3. The Hall–Kier alpha value is -2.58. The summed E-state index contributed by atoms with van der Waals surface area (Å²) in [6, 6.07) is 2.06. The molecule has 2 aromatic rings.